The van der Waals surface area contributed by atoms with Gasteiger partial charge in [-0.25, -0.2) is 0 Å². The first kappa shape index (κ1) is 28.2. The number of hydrogen-bond acceptors (Lipinski definition) is 5. The fourth-order valence-corrected chi connectivity index (χ4v) is 4.46. The molecular formula is C29H44O5. The molecule has 5 heteroatoms. The van der Waals surface area contributed by atoms with Crippen molar-refractivity contribution in [1.82, 2.24) is 0 Å². The third-order valence-corrected chi connectivity index (χ3v) is 6.64. The fourth-order valence-electron chi connectivity index (χ4n) is 4.46. The van der Waals surface area contributed by atoms with Crippen LogP contribution in [0.15, 0.2) is 47.1 Å². The molecule has 2 rings (SSSR count). The van der Waals surface area contributed by atoms with E-state index in [1.807, 2.05) is 39.0 Å². The zero-order valence-corrected chi connectivity index (χ0v) is 22.3. The summed E-state index contributed by atoms with van der Waals surface area (Å²) in [6.07, 6.45) is 9.08. The van der Waals surface area contributed by atoms with E-state index in [9.17, 15) is 10.2 Å². The summed E-state index contributed by atoms with van der Waals surface area (Å²) >= 11 is 0. The molecule has 1 aromatic carbocycles. The van der Waals surface area contributed by atoms with Crippen LogP contribution in [0.1, 0.15) is 71.4 Å². The number of methoxy groups -OCH3 is 2. The molecule has 0 spiro atoms. The van der Waals surface area contributed by atoms with Crippen LogP contribution in [0.4, 0.5) is 0 Å². The highest BCUT2D eigenvalue weighted by molar-refractivity contribution is 5.47. The lowest BCUT2D eigenvalue weighted by molar-refractivity contribution is -0.0472. The summed E-state index contributed by atoms with van der Waals surface area (Å²) in [5.74, 6) is 1.70. The Morgan fingerprint density at radius 3 is 2.44 bits per heavy atom. The molecule has 1 unspecified atom stereocenters. The first-order valence-corrected chi connectivity index (χ1v) is 12.2. The molecule has 0 aliphatic carbocycles. The van der Waals surface area contributed by atoms with Crippen LogP contribution in [-0.2, 0) is 11.2 Å². The van der Waals surface area contributed by atoms with Crippen molar-refractivity contribution in [3.8, 4) is 11.5 Å². The summed E-state index contributed by atoms with van der Waals surface area (Å²) in [5, 5.41) is 20.7. The van der Waals surface area contributed by atoms with Crippen molar-refractivity contribution in [1.29, 1.82) is 0 Å². The van der Waals surface area contributed by atoms with E-state index in [0.717, 1.165) is 47.5 Å². The predicted octanol–water partition coefficient (Wildman–Crippen LogP) is 5.85. The van der Waals surface area contributed by atoms with E-state index >= 15 is 0 Å². The Morgan fingerprint density at radius 1 is 1.15 bits per heavy atom. The van der Waals surface area contributed by atoms with Gasteiger partial charge in [0.05, 0.1) is 38.1 Å². The summed E-state index contributed by atoms with van der Waals surface area (Å²) in [7, 11) is 3.36. The Bertz CT molecular complexity index is 909. The van der Waals surface area contributed by atoms with Crippen molar-refractivity contribution in [2.24, 2.45) is 0 Å². The number of aliphatic hydroxyl groups excluding tert-OH is 2. The van der Waals surface area contributed by atoms with Crippen molar-refractivity contribution in [3.05, 3.63) is 58.2 Å². The summed E-state index contributed by atoms with van der Waals surface area (Å²) in [5.41, 5.74) is 5.10. The smallest absolute Gasteiger partial charge is 0.125 e. The van der Waals surface area contributed by atoms with E-state index in [4.69, 9.17) is 14.2 Å². The Morgan fingerprint density at radius 2 is 1.85 bits per heavy atom. The van der Waals surface area contributed by atoms with Gasteiger partial charge in [0.15, 0.2) is 0 Å². The topological polar surface area (TPSA) is 68.2 Å². The van der Waals surface area contributed by atoms with Gasteiger partial charge in [-0.15, -0.1) is 0 Å². The van der Waals surface area contributed by atoms with Crippen molar-refractivity contribution in [2.75, 3.05) is 14.2 Å². The van der Waals surface area contributed by atoms with Gasteiger partial charge in [0, 0.05) is 12.0 Å². The highest BCUT2D eigenvalue weighted by atomic mass is 16.5. The molecule has 0 radical (unpaired) electrons. The van der Waals surface area contributed by atoms with Crippen LogP contribution in [0.3, 0.4) is 0 Å². The van der Waals surface area contributed by atoms with Crippen LogP contribution in [0.25, 0.3) is 0 Å². The quantitative estimate of drug-likeness (QED) is 0.395. The molecule has 190 valence electrons. The molecule has 1 saturated heterocycles. The monoisotopic (exact) mass is 472 g/mol. The van der Waals surface area contributed by atoms with E-state index in [2.05, 4.69) is 32.9 Å². The number of benzene rings is 1. The average Bonchev–Trinajstić information content (AvgIpc) is 3.04. The van der Waals surface area contributed by atoms with Crippen LogP contribution in [0, 0.1) is 6.92 Å². The third-order valence-electron chi connectivity index (χ3n) is 6.64. The Balaban J connectivity index is 1.88. The predicted molar refractivity (Wildman–Crippen MR) is 139 cm³/mol. The van der Waals surface area contributed by atoms with Crippen molar-refractivity contribution < 1.29 is 24.4 Å². The molecule has 5 nitrogen and oxygen atoms in total. The zero-order chi connectivity index (χ0) is 25.5. The minimum Gasteiger partial charge on any atom is -0.497 e. The molecule has 0 amide bonds. The van der Waals surface area contributed by atoms with Crippen molar-refractivity contribution in [2.45, 2.75) is 97.6 Å². The van der Waals surface area contributed by atoms with Crippen LogP contribution in [0.5, 0.6) is 11.5 Å². The molecule has 1 fully saturated rings. The molecule has 1 aromatic rings. The number of aryl methyl sites for hydroxylation is 1. The van der Waals surface area contributed by atoms with Crippen LogP contribution < -0.4 is 9.47 Å². The molecule has 0 bridgehead atoms. The normalized spacial score (nSPS) is 22.1. The largest absolute Gasteiger partial charge is 0.497 e. The summed E-state index contributed by atoms with van der Waals surface area (Å²) in [6.45, 7) is 12.1. The van der Waals surface area contributed by atoms with E-state index in [0.29, 0.717) is 12.8 Å². The first-order chi connectivity index (χ1) is 16.0. The van der Waals surface area contributed by atoms with E-state index in [1.54, 1.807) is 14.2 Å². The minimum atomic E-state index is -0.510. The average molecular weight is 473 g/mol. The Labute approximate surface area is 206 Å². The van der Waals surface area contributed by atoms with E-state index in [1.165, 1.54) is 11.1 Å². The molecular weight excluding hydrogens is 428 g/mol. The Hall–Kier alpha value is -2.08. The molecule has 3 atom stereocenters. The first-order valence-electron chi connectivity index (χ1n) is 12.2. The van der Waals surface area contributed by atoms with Gasteiger partial charge in [-0.1, -0.05) is 29.4 Å². The molecule has 2 N–H and O–H groups in total. The maximum atomic E-state index is 10.6. The van der Waals surface area contributed by atoms with Crippen molar-refractivity contribution >= 4 is 0 Å². The molecule has 1 heterocycles. The molecule has 1 aliphatic rings. The fraction of sp³-hybridized carbons (Fsp3) is 0.586. The van der Waals surface area contributed by atoms with Crippen molar-refractivity contribution in [3.63, 3.8) is 0 Å². The second kappa shape index (κ2) is 12.6. The van der Waals surface area contributed by atoms with Gasteiger partial charge >= 0.3 is 0 Å². The van der Waals surface area contributed by atoms with E-state index in [-0.39, 0.29) is 6.10 Å². The summed E-state index contributed by atoms with van der Waals surface area (Å²) in [6, 6.07) is 3.97. The number of rotatable bonds is 11. The number of allylic oxidation sites excluding steroid dienone is 3. The lowest BCUT2D eigenvalue weighted by atomic mass is 9.98. The van der Waals surface area contributed by atoms with Crippen LogP contribution in [-0.4, -0.2) is 48.3 Å². The van der Waals surface area contributed by atoms with Gasteiger partial charge in [-0.2, -0.15) is 0 Å². The second-order valence-corrected chi connectivity index (χ2v) is 10.1. The zero-order valence-electron chi connectivity index (χ0n) is 22.3. The third kappa shape index (κ3) is 8.00. The molecule has 0 saturated carbocycles. The van der Waals surface area contributed by atoms with Gasteiger partial charge in [0.1, 0.15) is 11.5 Å². The summed E-state index contributed by atoms with van der Waals surface area (Å²) < 4.78 is 17.0. The van der Waals surface area contributed by atoms with Gasteiger partial charge in [0.2, 0.25) is 0 Å². The highest BCUT2D eigenvalue weighted by Crippen LogP contribution is 2.33. The maximum Gasteiger partial charge on any atom is 0.125 e. The minimum absolute atomic E-state index is 0.0142. The lowest BCUT2D eigenvalue weighted by Crippen LogP contribution is -2.31. The number of ether oxygens (including phenoxy) is 3. The van der Waals surface area contributed by atoms with E-state index < -0.39 is 17.8 Å². The maximum absolute atomic E-state index is 10.6. The highest BCUT2D eigenvalue weighted by Gasteiger charge is 2.40. The van der Waals surface area contributed by atoms with Gasteiger partial charge < -0.3 is 24.4 Å². The van der Waals surface area contributed by atoms with Gasteiger partial charge in [-0.3, -0.25) is 0 Å². The number of aliphatic hydroxyl groups is 2. The SMILES string of the molecule is COc1cc(C)c(OC)c(C/C=C(\C)CC(O)/C=C(\C)CC/C=C(\C)[C@@H]2C[C@H](O)C(C)(C)O2)c1. The van der Waals surface area contributed by atoms with Crippen LogP contribution >= 0.6 is 0 Å². The van der Waals surface area contributed by atoms with Gasteiger partial charge in [-0.05, 0) is 90.5 Å². The second-order valence-electron chi connectivity index (χ2n) is 10.1. The molecule has 1 aliphatic heterocycles. The van der Waals surface area contributed by atoms with Gasteiger partial charge in [0.25, 0.3) is 0 Å². The Kier molecular flexibility index (Phi) is 10.4. The standard InChI is InChI=1S/C29H44O5/c1-19(10-9-11-21(3)26-18-27(31)29(5,6)34-26)14-24(30)15-20(2)12-13-23-17-25(32-7)16-22(4)28(23)33-8/h11-12,14,16-17,24,26-27,30-31H,9-10,13,15,18H2,1-8H3/b19-14+,20-12+,21-11+/t24?,26-,27-/m0/s1. The summed E-state index contributed by atoms with van der Waals surface area (Å²) in [4.78, 5) is 0. The number of hydrogen-bond donors (Lipinski definition) is 2. The molecule has 0 aromatic heterocycles. The van der Waals surface area contributed by atoms with Crippen LogP contribution in [0.2, 0.25) is 0 Å². The lowest BCUT2D eigenvalue weighted by Gasteiger charge is -2.22. The molecule has 34 heavy (non-hydrogen) atoms.